The van der Waals surface area contributed by atoms with E-state index in [1.165, 1.54) is 0 Å². The van der Waals surface area contributed by atoms with Gasteiger partial charge in [0.05, 0.1) is 0 Å². The molecule has 0 aliphatic carbocycles. The average molecular weight is 211 g/mol. The first-order chi connectivity index (χ1) is 7.13. The van der Waals surface area contributed by atoms with E-state index in [1.807, 2.05) is 6.92 Å². The van der Waals surface area contributed by atoms with E-state index in [1.54, 1.807) is 0 Å². The number of rotatable bonds is 6. The molecule has 0 aromatic carbocycles. The van der Waals surface area contributed by atoms with Gasteiger partial charge in [-0.25, -0.2) is 0 Å². The first kappa shape index (κ1) is 12.2. The Morgan fingerprint density at radius 1 is 1.33 bits per heavy atom. The summed E-state index contributed by atoms with van der Waals surface area (Å²) in [6.45, 7) is 7.07. The van der Waals surface area contributed by atoms with E-state index in [0.29, 0.717) is 17.7 Å². The predicted octanol–water partition coefficient (Wildman–Crippen LogP) is 1.93. The Labute approximate surface area is 91.2 Å². The summed E-state index contributed by atoms with van der Waals surface area (Å²) in [7, 11) is 0. The molecule has 0 spiro atoms. The second kappa shape index (κ2) is 5.85. The Morgan fingerprint density at radius 2 is 2.07 bits per heavy atom. The molecule has 1 heterocycles. The van der Waals surface area contributed by atoms with Gasteiger partial charge in [0.15, 0.2) is 5.82 Å². The maximum Gasteiger partial charge on any atom is 0.226 e. The Hall–Kier alpha value is -0.900. The summed E-state index contributed by atoms with van der Waals surface area (Å²) in [4.78, 5) is 4.19. The van der Waals surface area contributed by atoms with Crippen LogP contribution in [0.5, 0.6) is 0 Å². The van der Waals surface area contributed by atoms with Gasteiger partial charge < -0.3 is 10.3 Å². The van der Waals surface area contributed by atoms with Crippen molar-refractivity contribution in [2.45, 2.75) is 40.0 Å². The van der Waals surface area contributed by atoms with E-state index in [-0.39, 0.29) is 0 Å². The number of aryl methyl sites for hydroxylation is 2. The van der Waals surface area contributed by atoms with Crippen LogP contribution < -0.4 is 5.73 Å². The van der Waals surface area contributed by atoms with Crippen LogP contribution >= 0.6 is 0 Å². The summed E-state index contributed by atoms with van der Waals surface area (Å²) >= 11 is 0. The van der Waals surface area contributed by atoms with Gasteiger partial charge >= 0.3 is 0 Å². The van der Waals surface area contributed by atoms with Crippen molar-refractivity contribution in [3.8, 4) is 0 Å². The molecule has 1 aromatic rings. The Morgan fingerprint density at radius 3 is 2.53 bits per heavy atom. The molecule has 0 amide bonds. The molecule has 0 aliphatic rings. The summed E-state index contributed by atoms with van der Waals surface area (Å²) in [6.07, 6.45) is 3.02. The zero-order chi connectivity index (χ0) is 11.3. The SMILES string of the molecule is Cc1noc(CCC(CCN)C(C)C)n1. The molecule has 1 atom stereocenters. The van der Waals surface area contributed by atoms with Crippen molar-refractivity contribution in [2.24, 2.45) is 17.6 Å². The van der Waals surface area contributed by atoms with Crippen LogP contribution in [0.25, 0.3) is 0 Å². The fourth-order valence-electron chi connectivity index (χ4n) is 1.78. The number of hydrogen-bond donors (Lipinski definition) is 1. The molecule has 0 aliphatic heterocycles. The topological polar surface area (TPSA) is 64.9 Å². The monoisotopic (exact) mass is 211 g/mol. The van der Waals surface area contributed by atoms with Crippen molar-refractivity contribution < 1.29 is 4.52 Å². The maximum absolute atomic E-state index is 5.59. The quantitative estimate of drug-likeness (QED) is 0.781. The van der Waals surface area contributed by atoms with Crippen LogP contribution in [0.4, 0.5) is 0 Å². The van der Waals surface area contributed by atoms with Gasteiger partial charge in [-0.1, -0.05) is 19.0 Å². The summed E-state index contributed by atoms with van der Waals surface area (Å²) < 4.78 is 5.08. The first-order valence-corrected chi connectivity index (χ1v) is 5.62. The lowest BCUT2D eigenvalue weighted by molar-refractivity contribution is 0.313. The van der Waals surface area contributed by atoms with Crippen molar-refractivity contribution >= 4 is 0 Å². The fraction of sp³-hybridized carbons (Fsp3) is 0.818. The zero-order valence-corrected chi connectivity index (χ0v) is 9.86. The van der Waals surface area contributed by atoms with Gasteiger partial charge in [0.2, 0.25) is 5.89 Å². The smallest absolute Gasteiger partial charge is 0.226 e. The third-order valence-electron chi connectivity index (χ3n) is 2.78. The van der Waals surface area contributed by atoms with Crippen molar-refractivity contribution in [3.05, 3.63) is 11.7 Å². The molecule has 0 saturated heterocycles. The minimum Gasteiger partial charge on any atom is -0.339 e. The first-order valence-electron chi connectivity index (χ1n) is 5.62. The molecule has 1 rings (SSSR count). The average Bonchev–Trinajstić information content (AvgIpc) is 2.58. The standard InChI is InChI=1S/C11H21N3O/c1-8(2)10(6-7-12)4-5-11-13-9(3)14-15-11/h8,10H,4-7,12H2,1-3H3. The molecule has 86 valence electrons. The Bertz CT molecular complexity index is 283. The highest BCUT2D eigenvalue weighted by Gasteiger charge is 2.14. The van der Waals surface area contributed by atoms with Crippen LogP contribution in [0.2, 0.25) is 0 Å². The van der Waals surface area contributed by atoms with E-state index in [9.17, 15) is 0 Å². The largest absolute Gasteiger partial charge is 0.339 e. The lowest BCUT2D eigenvalue weighted by Gasteiger charge is -2.18. The molecule has 1 unspecified atom stereocenters. The van der Waals surface area contributed by atoms with Gasteiger partial charge in [-0.3, -0.25) is 0 Å². The minimum atomic E-state index is 0.655. The second-order valence-corrected chi connectivity index (χ2v) is 4.36. The van der Waals surface area contributed by atoms with Crippen molar-refractivity contribution in [3.63, 3.8) is 0 Å². The molecule has 4 heteroatoms. The van der Waals surface area contributed by atoms with Crippen LogP contribution in [-0.2, 0) is 6.42 Å². The highest BCUT2D eigenvalue weighted by molar-refractivity contribution is 4.83. The van der Waals surface area contributed by atoms with Crippen molar-refractivity contribution in [2.75, 3.05) is 6.54 Å². The molecular formula is C11H21N3O. The summed E-state index contributed by atoms with van der Waals surface area (Å²) in [5, 5.41) is 3.77. The maximum atomic E-state index is 5.59. The molecule has 4 nitrogen and oxygen atoms in total. The molecule has 0 bridgehead atoms. The van der Waals surface area contributed by atoms with Gasteiger partial charge in [-0.2, -0.15) is 4.98 Å². The van der Waals surface area contributed by atoms with Gasteiger partial charge in [0, 0.05) is 6.42 Å². The Kier molecular flexibility index (Phi) is 4.75. The van der Waals surface area contributed by atoms with Crippen LogP contribution in [0.15, 0.2) is 4.52 Å². The number of nitrogens with zero attached hydrogens (tertiary/aromatic N) is 2. The van der Waals surface area contributed by atoms with E-state index >= 15 is 0 Å². The normalized spacial score (nSPS) is 13.4. The third kappa shape index (κ3) is 4.00. The Balaban J connectivity index is 2.39. The fourth-order valence-corrected chi connectivity index (χ4v) is 1.78. The minimum absolute atomic E-state index is 0.655. The number of nitrogens with two attached hydrogens (primary N) is 1. The van der Waals surface area contributed by atoms with Crippen LogP contribution in [0, 0.1) is 18.8 Å². The number of hydrogen-bond acceptors (Lipinski definition) is 4. The molecule has 0 fully saturated rings. The molecule has 1 aromatic heterocycles. The van der Waals surface area contributed by atoms with Gasteiger partial charge in [0.1, 0.15) is 0 Å². The van der Waals surface area contributed by atoms with Crippen LogP contribution in [0.3, 0.4) is 0 Å². The van der Waals surface area contributed by atoms with E-state index in [2.05, 4.69) is 24.0 Å². The van der Waals surface area contributed by atoms with Gasteiger partial charge in [-0.05, 0) is 38.1 Å². The lowest BCUT2D eigenvalue weighted by Crippen LogP contribution is -2.15. The van der Waals surface area contributed by atoms with E-state index < -0.39 is 0 Å². The summed E-state index contributed by atoms with van der Waals surface area (Å²) in [5.41, 5.74) is 5.59. The highest BCUT2D eigenvalue weighted by atomic mass is 16.5. The predicted molar refractivity (Wildman–Crippen MR) is 59.4 cm³/mol. The molecule has 15 heavy (non-hydrogen) atoms. The zero-order valence-electron chi connectivity index (χ0n) is 9.86. The second-order valence-electron chi connectivity index (χ2n) is 4.36. The molecular weight excluding hydrogens is 190 g/mol. The third-order valence-corrected chi connectivity index (χ3v) is 2.78. The van der Waals surface area contributed by atoms with Gasteiger partial charge in [0.25, 0.3) is 0 Å². The van der Waals surface area contributed by atoms with E-state index in [4.69, 9.17) is 10.3 Å². The van der Waals surface area contributed by atoms with Crippen molar-refractivity contribution in [1.29, 1.82) is 0 Å². The molecule has 0 radical (unpaired) electrons. The van der Waals surface area contributed by atoms with Crippen LogP contribution in [-0.4, -0.2) is 16.7 Å². The van der Waals surface area contributed by atoms with Crippen molar-refractivity contribution in [1.82, 2.24) is 10.1 Å². The van der Waals surface area contributed by atoms with Gasteiger partial charge in [-0.15, -0.1) is 0 Å². The summed E-state index contributed by atoms with van der Waals surface area (Å²) in [5.74, 6) is 2.78. The summed E-state index contributed by atoms with van der Waals surface area (Å²) in [6, 6.07) is 0. The number of aromatic nitrogens is 2. The highest BCUT2D eigenvalue weighted by Crippen LogP contribution is 2.20. The lowest BCUT2D eigenvalue weighted by atomic mass is 9.88. The molecule has 2 N–H and O–H groups in total. The van der Waals surface area contributed by atoms with Crippen LogP contribution in [0.1, 0.15) is 38.4 Å². The van der Waals surface area contributed by atoms with E-state index in [0.717, 1.165) is 31.7 Å². The molecule has 0 saturated carbocycles.